The number of carbonyl (C=O) groups is 1. The normalized spacial score (nSPS) is 27.7. The molecule has 1 fully saturated rings. The van der Waals surface area contributed by atoms with Crippen LogP contribution in [0.2, 0.25) is 0 Å². The zero-order chi connectivity index (χ0) is 14.7. The third kappa shape index (κ3) is 3.35. The van der Waals surface area contributed by atoms with Gasteiger partial charge in [0.05, 0.1) is 5.75 Å². The second-order valence-corrected chi connectivity index (χ2v) is 6.91. The number of amidine groups is 1. The lowest BCUT2D eigenvalue weighted by Gasteiger charge is -2.43. The highest BCUT2D eigenvalue weighted by molar-refractivity contribution is 7.89. The fourth-order valence-electron chi connectivity index (χ4n) is 2.31. The second-order valence-electron chi connectivity index (χ2n) is 4.86. The van der Waals surface area contributed by atoms with Crippen molar-refractivity contribution in [3.63, 3.8) is 0 Å². The van der Waals surface area contributed by atoms with Crippen molar-refractivity contribution in [3.05, 3.63) is 0 Å². The van der Waals surface area contributed by atoms with E-state index in [-0.39, 0.29) is 18.1 Å². The summed E-state index contributed by atoms with van der Waals surface area (Å²) in [7, 11) is -2.05. The average Bonchev–Trinajstić information content (AvgIpc) is 2.33. The van der Waals surface area contributed by atoms with Gasteiger partial charge in [0.1, 0.15) is 5.41 Å². The highest BCUT2D eigenvalue weighted by Gasteiger charge is 2.52. The van der Waals surface area contributed by atoms with Crippen LogP contribution in [0, 0.1) is 11.3 Å². The molecule has 19 heavy (non-hydrogen) atoms. The zero-order valence-electron chi connectivity index (χ0n) is 11.0. The Morgan fingerprint density at radius 3 is 2.53 bits per heavy atom. The number of nitrogens with one attached hydrogen (secondary N) is 2. The fourth-order valence-corrected chi connectivity index (χ4v) is 2.88. The van der Waals surface area contributed by atoms with Crippen LogP contribution in [0.3, 0.4) is 0 Å². The second kappa shape index (κ2) is 5.74. The molecule has 0 radical (unpaired) electrons. The number of sulfonamides is 1. The first-order valence-corrected chi connectivity index (χ1v) is 7.60. The van der Waals surface area contributed by atoms with Gasteiger partial charge in [-0.15, -0.1) is 0 Å². The molecule has 1 rings (SSSR count). The summed E-state index contributed by atoms with van der Waals surface area (Å²) >= 11 is 0. The molecule has 0 aromatic rings. The predicted molar refractivity (Wildman–Crippen MR) is 70.1 cm³/mol. The van der Waals surface area contributed by atoms with Crippen LogP contribution in [0.15, 0.2) is 5.16 Å². The topological polar surface area (TPSA) is 134 Å². The summed E-state index contributed by atoms with van der Waals surface area (Å²) in [4.78, 5) is 12.1. The van der Waals surface area contributed by atoms with E-state index in [0.29, 0.717) is 18.8 Å². The molecule has 0 saturated heterocycles. The number of nitrogens with zero attached hydrogens (tertiary/aromatic N) is 1. The Morgan fingerprint density at radius 1 is 1.53 bits per heavy atom. The van der Waals surface area contributed by atoms with E-state index in [0.717, 1.165) is 0 Å². The first-order chi connectivity index (χ1) is 8.77. The smallest absolute Gasteiger partial charge is 0.234 e. The van der Waals surface area contributed by atoms with Crippen LogP contribution in [-0.4, -0.2) is 44.7 Å². The Hall–Kier alpha value is -1.35. The summed E-state index contributed by atoms with van der Waals surface area (Å²) in [6.07, 6.45) is 0.987. The lowest BCUT2D eigenvalue weighted by molar-refractivity contribution is -0.133. The van der Waals surface area contributed by atoms with Crippen LogP contribution in [-0.2, 0) is 14.8 Å². The molecule has 0 atom stereocenters. The van der Waals surface area contributed by atoms with Crippen molar-refractivity contribution in [2.24, 2.45) is 22.2 Å². The molecule has 8 nitrogen and oxygen atoms in total. The molecule has 5 N–H and O–H groups in total. The molecule has 1 aliphatic carbocycles. The largest absolute Gasteiger partial charge is 0.409 e. The molecule has 0 spiro atoms. The minimum Gasteiger partial charge on any atom is -0.409 e. The maximum absolute atomic E-state index is 12.1. The molecule has 0 aliphatic heterocycles. The van der Waals surface area contributed by atoms with Crippen LogP contribution < -0.4 is 15.8 Å². The highest BCUT2D eigenvalue weighted by atomic mass is 32.2. The SMILES string of the molecule is CNS(=O)(=O)CCNC(=O)C1(C(N)=NO)CC(C)C1. The third-order valence-electron chi connectivity index (χ3n) is 3.39. The van der Waals surface area contributed by atoms with Gasteiger partial charge in [0.25, 0.3) is 0 Å². The van der Waals surface area contributed by atoms with Gasteiger partial charge in [-0.2, -0.15) is 0 Å². The highest BCUT2D eigenvalue weighted by Crippen LogP contribution is 2.45. The molecule has 0 aromatic heterocycles. The van der Waals surface area contributed by atoms with Gasteiger partial charge in [-0.3, -0.25) is 4.79 Å². The van der Waals surface area contributed by atoms with E-state index in [1.54, 1.807) is 0 Å². The molecule has 0 bridgehead atoms. The third-order valence-corrected chi connectivity index (χ3v) is 4.76. The number of amides is 1. The fraction of sp³-hybridized carbons (Fsp3) is 0.800. The van der Waals surface area contributed by atoms with Gasteiger partial charge in [0, 0.05) is 6.54 Å². The molecule has 1 saturated carbocycles. The van der Waals surface area contributed by atoms with Crippen LogP contribution in [0.25, 0.3) is 0 Å². The van der Waals surface area contributed by atoms with Crippen molar-refractivity contribution in [1.29, 1.82) is 0 Å². The van der Waals surface area contributed by atoms with E-state index in [2.05, 4.69) is 15.2 Å². The van der Waals surface area contributed by atoms with E-state index in [9.17, 15) is 13.2 Å². The molecule has 1 aliphatic rings. The summed E-state index contributed by atoms with van der Waals surface area (Å²) in [5.41, 5.74) is 4.57. The van der Waals surface area contributed by atoms with Crippen molar-refractivity contribution in [3.8, 4) is 0 Å². The monoisotopic (exact) mass is 292 g/mol. The van der Waals surface area contributed by atoms with Gasteiger partial charge in [-0.25, -0.2) is 13.1 Å². The van der Waals surface area contributed by atoms with Crippen molar-refractivity contribution >= 4 is 21.8 Å². The van der Waals surface area contributed by atoms with Gasteiger partial charge in [0.15, 0.2) is 5.84 Å². The van der Waals surface area contributed by atoms with Gasteiger partial charge in [-0.1, -0.05) is 12.1 Å². The van der Waals surface area contributed by atoms with E-state index in [1.807, 2.05) is 6.92 Å². The summed E-state index contributed by atoms with van der Waals surface area (Å²) < 4.78 is 24.6. The van der Waals surface area contributed by atoms with Crippen molar-refractivity contribution in [2.45, 2.75) is 19.8 Å². The standard InChI is InChI=1S/C10H20N4O4S/c1-7-5-10(6-7,8(11)14-16)9(15)13-3-4-19(17,18)12-2/h7,12,16H,3-6H2,1-2H3,(H2,11,14)(H,13,15). The van der Waals surface area contributed by atoms with Crippen LogP contribution in [0.5, 0.6) is 0 Å². The summed E-state index contributed by atoms with van der Waals surface area (Å²) in [6.45, 7) is 1.94. The van der Waals surface area contributed by atoms with Gasteiger partial charge >= 0.3 is 0 Å². The number of hydrogen-bond acceptors (Lipinski definition) is 5. The summed E-state index contributed by atoms with van der Waals surface area (Å²) in [6, 6.07) is 0. The quantitative estimate of drug-likeness (QED) is 0.211. The Balaban J connectivity index is 2.61. The molecule has 1 amide bonds. The van der Waals surface area contributed by atoms with Crippen LogP contribution >= 0.6 is 0 Å². The lowest BCUT2D eigenvalue weighted by Crippen LogP contribution is -2.57. The predicted octanol–water partition coefficient (Wildman–Crippen LogP) is -1.19. The molecule has 0 unspecified atom stereocenters. The van der Waals surface area contributed by atoms with Crippen molar-refractivity contribution in [2.75, 3.05) is 19.3 Å². The van der Waals surface area contributed by atoms with E-state index >= 15 is 0 Å². The maximum Gasteiger partial charge on any atom is 0.234 e. The van der Waals surface area contributed by atoms with Gasteiger partial charge in [0.2, 0.25) is 15.9 Å². The van der Waals surface area contributed by atoms with Gasteiger partial charge < -0.3 is 16.3 Å². The molecule has 0 aromatic carbocycles. The lowest BCUT2D eigenvalue weighted by atomic mass is 9.61. The number of nitrogens with two attached hydrogens (primary N) is 1. The molecular weight excluding hydrogens is 272 g/mol. The zero-order valence-corrected chi connectivity index (χ0v) is 11.8. The minimum atomic E-state index is -3.36. The molecule has 110 valence electrons. The number of rotatable bonds is 6. The Labute approximate surface area is 112 Å². The minimum absolute atomic E-state index is 0.0170. The Kier molecular flexibility index (Phi) is 4.75. The number of carbonyl (C=O) groups excluding carboxylic acids is 1. The molecular formula is C10H20N4O4S. The number of oxime groups is 1. The average molecular weight is 292 g/mol. The first-order valence-electron chi connectivity index (χ1n) is 5.95. The summed E-state index contributed by atoms with van der Waals surface area (Å²) in [5, 5.41) is 14.2. The maximum atomic E-state index is 12.1. The van der Waals surface area contributed by atoms with Crippen molar-refractivity contribution < 1.29 is 18.4 Å². The molecule has 0 heterocycles. The Bertz CT molecular complexity index is 468. The van der Waals surface area contributed by atoms with E-state index in [1.165, 1.54) is 7.05 Å². The number of hydrogen-bond donors (Lipinski definition) is 4. The Morgan fingerprint density at radius 2 is 2.11 bits per heavy atom. The van der Waals surface area contributed by atoms with Crippen LogP contribution in [0.1, 0.15) is 19.8 Å². The first kappa shape index (κ1) is 15.7. The van der Waals surface area contributed by atoms with Crippen molar-refractivity contribution in [1.82, 2.24) is 10.0 Å². The van der Waals surface area contributed by atoms with E-state index < -0.39 is 21.3 Å². The summed E-state index contributed by atoms with van der Waals surface area (Å²) in [5.74, 6) is -0.421. The molecule has 9 heteroatoms. The van der Waals surface area contributed by atoms with Crippen LogP contribution in [0.4, 0.5) is 0 Å². The van der Waals surface area contributed by atoms with E-state index in [4.69, 9.17) is 10.9 Å². The van der Waals surface area contributed by atoms with Gasteiger partial charge in [-0.05, 0) is 25.8 Å².